The molecule has 1 nitrogen and oxygen atoms in total. The van der Waals surface area contributed by atoms with Gasteiger partial charge in [-0.05, 0) is 35.4 Å². The van der Waals surface area contributed by atoms with E-state index in [1.54, 1.807) is 31.2 Å². The highest BCUT2D eigenvalue weighted by Crippen LogP contribution is 2.36. The molecule has 0 heterocycles. The molecule has 1 atom stereocenters. The highest BCUT2D eigenvalue weighted by Gasteiger charge is 2.40. The molecule has 0 aromatic heterocycles. The monoisotopic (exact) mass is 267 g/mol. The Morgan fingerprint density at radius 3 is 2.26 bits per heavy atom. The number of benzene rings is 2. The van der Waals surface area contributed by atoms with E-state index in [-0.39, 0.29) is 12.1 Å². The van der Waals surface area contributed by atoms with E-state index in [0.29, 0.717) is 5.39 Å². The number of rotatable bonds is 3. The topological polar surface area (TPSA) is 12.0 Å². The van der Waals surface area contributed by atoms with Gasteiger partial charge in [-0.2, -0.15) is 13.2 Å². The van der Waals surface area contributed by atoms with Gasteiger partial charge in [-0.3, -0.25) is 0 Å². The van der Waals surface area contributed by atoms with Gasteiger partial charge < -0.3 is 5.32 Å². The lowest BCUT2D eigenvalue weighted by Gasteiger charge is -2.23. The second-order valence-electron chi connectivity index (χ2n) is 4.55. The summed E-state index contributed by atoms with van der Waals surface area (Å²) >= 11 is 0. The van der Waals surface area contributed by atoms with E-state index < -0.39 is 12.2 Å². The summed E-state index contributed by atoms with van der Waals surface area (Å²) in [6, 6.07) is 8.90. The smallest absolute Gasteiger partial charge is 0.303 e. The fourth-order valence-electron chi connectivity index (χ4n) is 2.33. The Kier molecular flexibility index (Phi) is 3.80. The standard InChI is InChI=1S/C15H16F3N/c1-3-19-14(15(16,17)18)13-9-8-10(2)11-6-4-5-7-12(11)13/h4-9,14,19H,3H2,1-2H3. The Morgan fingerprint density at radius 2 is 1.68 bits per heavy atom. The normalized spacial score (nSPS) is 13.7. The van der Waals surface area contributed by atoms with Crippen molar-refractivity contribution >= 4 is 10.8 Å². The lowest BCUT2D eigenvalue weighted by atomic mass is 9.95. The van der Waals surface area contributed by atoms with Gasteiger partial charge in [0.25, 0.3) is 0 Å². The van der Waals surface area contributed by atoms with Gasteiger partial charge >= 0.3 is 6.18 Å². The predicted molar refractivity (Wildman–Crippen MR) is 71.2 cm³/mol. The third kappa shape index (κ3) is 2.73. The molecule has 0 aliphatic heterocycles. The summed E-state index contributed by atoms with van der Waals surface area (Å²) in [4.78, 5) is 0. The molecule has 0 saturated heterocycles. The first-order chi connectivity index (χ1) is 8.95. The van der Waals surface area contributed by atoms with E-state index >= 15 is 0 Å². The minimum atomic E-state index is -4.30. The van der Waals surface area contributed by atoms with Gasteiger partial charge in [-0.25, -0.2) is 0 Å². The Labute approximate surface area is 110 Å². The van der Waals surface area contributed by atoms with Crippen LogP contribution in [0.5, 0.6) is 0 Å². The van der Waals surface area contributed by atoms with Crippen LogP contribution in [0.15, 0.2) is 36.4 Å². The molecule has 0 aliphatic carbocycles. The maximum absolute atomic E-state index is 13.2. The van der Waals surface area contributed by atoms with E-state index in [0.717, 1.165) is 10.9 Å². The molecule has 1 unspecified atom stereocenters. The van der Waals surface area contributed by atoms with Crippen molar-refractivity contribution in [3.8, 4) is 0 Å². The molecule has 0 fully saturated rings. The van der Waals surface area contributed by atoms with Gasteiger partial charge in [0.15, 0.2) is 0 Å². The molecule has 0 radical (unpaired) electrons. The van der Waals surface area contributed by atoms with E-state index in [9.17, 15) is 13.2 Å². The van der Waals surface area contributed by atoms with Gasteiger partial charge in [-0.1, -0.05) is 43.3 Å². The van der Waals surface area contributed by atoms with Crippen molar-refractivity contribution in [2.24, 2.45) is 0 Å². The summed E-state index contributed by atoms with van der Waals surface area (Å²) in [6.45, 7) is 3.85. The maximum atomic E-state index is 13.2. The molecule has 0 amide bonds. The first-order valence-corrected chi connectivity index (χ1v) is 6.23. The summed E-state index contributed by atoms with van der Waals surface area (Å²) in [5.41, 5.74) is 1.27. The molecule has 2 rings (SSSR count). The lowest BCUT2D eigenvalue weighted by Crippen LogP contribution is -2.34. The predicted octanol–water partition coefficient (Wildman–Crippen LogP) is 4.36. The summed E-state index contributed by atoms with van der Waals surface area (Å²) in [6.07, 6.45) is -4.30. The molecule has 4 heteroatoms. The lowest BCUT2D eigenvalue weighted by molar-refractivity contribution is -0.157. The second kappa shape index (κ2) is 5.21. The number of fused-ring (bicyclic) bond motifs is 1. The number of nitrogens with one attached hydrogen (secondary N) is 1. The van der Waals surface area contributed by atoms with Gasteiger partial charge in [0.05, 0.1) is 0 Å². The average molecular weight is 267 g/mol. The van der Waals surface area contributed by atoms with Crippen LogP contribution in [0.1, 0.15) is 24.1 Å². The van der Waals surface area contributed by atoms with Crippen LogP contribution < -0.4 is 5.32 Å². The van der Waals surface area contributed by atoms with Crippen LogP contribution >= 0.6 is 0 Å². The molecule has 0 saturated carbocycles. The molecular formula is C15H16F3N. The highest BCUT2D eigenvalue weighted by molar-refractivity contribution is 5.89. The van der Waals surface area contributed by atoms with Gasteiger partial charge in [0.1, 0.15) is 6.04 Å². The van der Waals surface area contributed by atoms with Crippen molar-refractivity contribution in [3.05, 3.63) is 47.5 Å². The van der Waals surface area contributed by atoms with Crippen LogP contribution in [0.3, 0.4) is 0 Å². The summed E-state index contributed by atoms with van der Waals surface area (Å²) in [5.74, 6) is 0. The zero-order valence-corrected chi connectivity index (χ0v) is 10.9. The van der Waals surface area contributed by atoms with Crippen LogP contribution in [-0.4, -0.2) is 12.7 Å². The number of hydrogen-bond acceptors (Lipinski definition) is 1. The Bertz CT molecular complexity index is 575. The largest absolute Gasteiger partial charge is 0.407 e. The fraction of sp³-hybridized carbons (Fsp3) is 0.333. The van der Waals surface area contributed by atoms with Crippen molar-refractivity contribution in [2.75, 3.05) is 6.54 Å². The third-order valence-electron chi connectivity index (χ3n) is 3.22. The first-order valence-electron chi connectivity index (χ1n) is 6.23. The van der Waals surface area contributed by atoms with Gasteiger partial charge in [-0.15, -0.1) is 0 Å². The van der Waals surface area contributed by atoms with Crippen LogP contribution in [0.4, 0.5) is 13.2 Å². The summed E-state index contributed by atoms with van der Waals surface area (Å²) in [7, 11) is 0. The highest BCUT2D eigenvalue weighted by atomic mass is 19.4. The van der Waals surface area contributed by atoms with E-state index in [1.165, 1.54) is 0 Å². The van der Waals surface area contributed by atoms with Crippen molar-refractivity contribution in [1.82, 2.24) is 5.32 Å². The molecule has 102 valence electrons. The Hall–Kier alpha value is -1.55. The zero-order chi connectivity index (χ0) is 14.0. The van der Waals surface area contributed by atoms with Crippen LogP contribution in [-0.2, 0) is 0 Å². The van der Waals surface area contributed by atoms with Crippen LogP contribution in [0, 0.1) is 6.92 Å². The Balaban J connectivity index is 2.64. The zero-order valence-electron chi connectivity index (χ0n) is 10.9. The average Bonchev–Trinajstić information content (AvgIpc) is 2.36. The summed E-state index contributed by atoms with van der Waals surface area (Å²) < 4.78 is 39.5. The third-order valence-corrected chi connectivity index (χ3v) is 3.22. The van der Waals surface area contributed by atoms with Gasteiger partial charge in [0.2, 0.25) is 0 Å². The number of alkyl halides is 3. The van der Waals surface area contributed by atoms with Gasteiger partial charge in [0, 0.05) is 0 Å². The van der Waals surface area contributed by atoms with Crippen molar-refractivity contribution < 1.29 is 13.2 Å². The first kappa shape index (κ1) is 13.9. The van der Waals surface area contributed by atoms with Crippen molar-refractivity contribution in [3.63, 3.8) is 0 Å². The molecule has 0 aliphatic rings. The van der Waals surface area contributed by atoms with Crippen molar-refractivity contribution in [2.45, 2.75) is 26.1 Å². The van der Waals surface area contributed by atoms with E-state index in [4.69, 9.17) is 0 Å². The minimum absolute atomic E-state index is 0.270. The molecule has 2 aromatic carbocycles. The Morgan fingerprint density at radius 1 is 1.05 bits per heavy atom. The fourth-order valence-corrected chi connectivity index (χ4v) is 2.33. The molecule has 1 N–H and O–H groups in total. The van der Waals surface area contributed by atoms with E-state index in [1.807, 2.05) is 19.1 Å². The van der Waals surface area contributed by atoms with Crippen LogP contribution in [0.2, 0.25) is 0 Å². The number of aryl methyl sites for hydroxylation is 1. The second-order valence-corrected chi connectivity index (χ2v) is 4.55. The van der Waals surface area contributed by atoms with Crippen molar-refractivity contribution in [1.29, 1.82) is 0 Å². The molecule has 19 heavy (non-hydrogen) atoms. The quantitative estimate of drug-likeness (QED) is 0.871. The molecular weight excluding hydrogens is 251 g/mol. The summed E-state index contributed by atoms with van der Waals surface area (Å²) in [5, 5.41) is 4.05. The van der Waals surface area contributed by atoms with Crippen LogP contribution in [0.25, 0.3) is 10.8 Å². The maximum Gasteiger partial charge on any atom is 0.407 e. The SMILES string of the molecule is CCNC(c1ccc(C)c2ccccc12)C(F)(F)F. The molecule has 0 spiro atoms. The van der Waals surface area contributed by atoms with E-state index in [2.05, 4.69) is 5.32 Å². The molecule has 2 aromatic rings. The minimum Gasteiger partial charge on any atom is -0.303 e. The number of hydrogen-bond donors (Lipinski definition) is 1. The molecule has 0 bridgehead atoms. The number of halogens is 3.